The van der Waals surface area contributed by atoms with Crippen LogP contribution in [0.5, 0.6) is 0 Å². The molecule has 3 aromatic rings. The van der Waals surface area contributed by atoms with Crippen LogP contribution in [0.3, 0.4) is 0 Å². The number of hydrogen-bond acceptors (Lipinski definition) is 6. The van der Waals surface area contributed by atoms with Gasteiger partial charge in [0.25, 0.3) is 0 Å². The van der Waals surface area contributed by atoms with Gasteiger partial charge in [-0.05, 0) is 36.4 Å². The molecule has 0 bridgehead atoms. The lowest BCUT2D eigenvalue weighted by Gasteiger charge is -2.33. The summed E-state index contributed by atoms with van der Waals surface area (Å²) in [5.74, 6) is 0.948. The number of hydrogen-bond donors (Lipinski definition) is 1. The van der Waals surface area contributed by atoms with E-state index in [9.17, 15) is 8.42 Å². The Kier molecular flexibility index (Phi) is 4.41. The van der Waals surface area contributed by atoms with E-state index in [2.05, 4.69) is 19.6 Å². The molecule has 1 aromatic carbocycles. The maximum Gasteiger partial charge on any atom is 0.240 e. The zero-order valence-electron chi connectivity index (χ0n) is 13.5. The molecule has 1 aliphatic heterocycles. The minimum atomic E-state index is -3.46. The molecule has 2 aromatic heterocycles. The van der Waals surface area contributed by atoms with Crippen LogP contribution in [-0.2, 0) is 10.0 Å². The van der Waals surface area contributed by atoms with E-state index in [0.717, 1.165) is 42.0 Å². The first kappa shape index (κ1) is 16.4. The van der Waals surface area contributed by atoms with Gasteiger partial charge in [-0.2, -0.15) is 0 Å². The van der Waals surface area contributed by atoms with Crippen molar-refractivity contribution in [2.45, 2.75) is 23.8 Å². The number of anilines is 1. The molecule has 1 aliphatic rings. The Hall–Kier alpha value is -2.03. The van der Waals surface area contributed by atoms with Gasteiger partial charge in [-0.1, -0.05) is 18.2 Å². The maximum absolute atomic E-state index is 12.4. The molecule has 0 atom stereocenters. The highest BCUT2D eigenvalue weighted by Gasteiger charge is 2.26. The number of aromatic nitrogens is 2. The predicted octanol–water partition coefficient (Wildman–Crippen LogP) is 2.64. The lowest BCUT2D eigenvalue weighted by atomic mass is 10.1. The monoisotopic (exact) mass is 374 g/mol. The summed E-state index contributed by atoms with van der Waals surface area (Å²) in [6, 6.07) is 10.5. The van der Waals surface area contributed by atoms with E-state index in [0.29, 0.717) is 4.90 Å². The van der Waals surface area contributed by atoms with Gasteiger partial charge in [0.05, 0.1) is 15.1 Å². The van der Waals surface area contributed by atoms with Gasteiger partial charge in [-0.25, -0.2) is 23.1 Å². The molecule has 3 heterocycles. The molecule has 25 heavy (non-hydrogen) atoms. The highest BCUT2D eigenvalue weighted by Crippen LogP contribution is 2.29. The number of nitrogens with zero attached hydrogens (tertiary/aromatic N) is 3. The minimum absolute atomic E-state index is 0.0536. The Balaban J connectivity index is 1.44. The van der Waals surface area contributed by atoms with Gasteiger partial charge < -0.3 is 4.90 Å². The summed E-state index contributed by atoms with van der Waals surface area (Å²) >= 11 is 1.64. The van der Waals surface area contributed by atoms with Crippen molar-refractivity contribution in [3.63, 3.8) is 0 Å². The fourth-order valence-electron chi connectivity index (χ4n) is 3.10. The normalized spacial score (nSPS) is 16.4. The smallest absolute Gasteiger partial charge is 0.240 e. The summed E-state index contributed by atoms with van der Waals surface area (Å²) < 4.78 is 28.8. The zero-order chi connectivity index (χ0) is 17.3. The van der Waals surface area contributed by atoms with Crippen molar-refractivity contribution in [2.24, 2.45) is 0 Å². The summed E-state index contributed by atoms with van der Waals surface area (Å²) in [6.45, 7) is 1.54. The topological polar surface area (TPSA) is 75.2 Å². The maximum atomic E-state index is 12.4. The largest absolute Gasteiger partial charge is 0.355 e. The number of thiophene rings is 1. The second-order valence-corrected chi connectivity index (χ2v) is 8.66. The molecule has 4 rings (SSSR count). The van der Waals surface area contributed by atoms with Crippen molar-refractivity contribution in [3.8, 4) is 0 Å². The van der Waals surface area contributed by atoms with Crippen LogP contribution in [0.2, 0.25) is 0 Å². The van der Waals surface area contributed by atoms with E-state index in [1.165, 1.54) is 0 Å². The van der Waals surface area contributed by atoms with Gasteiger partial charge in [-0.15, -0.1) is 11.3 Å². The third kappa shape index (κ3) is 3.37. The Morgan fingerprint density at radius 1 is 1.08 bits per heavy atom. The molecular weight excluding hydrogens is 356 g/mol. The molecule has 1 fully saturated rings. The van der Waals surface area contributed by atoms with Crippen LogP contribution in [-0.4, -0.2) is 37.5 Å². The molecule has 0 unspecified atom stereocenters. The number of piperidine rings is 1. The van der Waals surface area contributed by atoms with Crippen LogP contribution in [0.1, 0.15) is 12.8 Å². The first-order valence-electron chi connectivity index (χ1n) is 8.14. The van der Waals surface area contributed by atoms with E-state index in [1.54, 1.807) is 41.9 Å². The van der Waals surface area contributed by atoms with Gasteiger partial charge in [0.1, 0.15) is 12.1 Å². The highest BCUT2D eigenvalue weighted by atomic mass is 32.2. The van der Waals surface area contributed by atoms with Gasteiger partial charge in [0.15, 0.2) is 0 Å². The van der Waals surface area contributed by atoms with Gasteiger partial charge in [0, 0.05) is 19.1 Å². The third-order valence-corrected chi connectivity index (χ3v) is 6.83. The molecule has 130 valence electrons. The van der Waals surface area contributed by atoms with Crippen molar-refractivity contribution in [2.75, 3.05) is 18.0 Å². The Morgan fingerprint density at radius 2 is 1.84 bits per heavy atom. The van der Waals surface area contributed by atoms with Crippen molar-refractivity contribution in [1.29, 1.82) is 0 Å². The van der Waals surface area contributed by atoms with Crippen molar-refractivity contribution < 1.29 is 8.42 Å². The van der Waals surface area contributed by atoms with Gasteiger partial charge >= 0.3 is 0 Å². The summed E-state index contributed by atoms with van der Waals surface area (Å²) in [7, 11) is -3.46. The number of rotatable bonds is 4. The molecule has 0 aliphatic carbocycles. The summed E-state index contributed by atoms with van der Waals surface area (Å²) in [5, 5.41) is 2.02. The molecule has 0 radical (unpaired) electrons. The molecule has 8 heteroatoms. The van der Waals surface area contributed by atoms with Crippen LogP contribution in [0.15, 0.2) is 53.0 Å². The predicted molar refractivity (Wildman–Crippen MR) is 99.4 cm³/mol. The van der Waals surface area contributed by atoms with Crippen LogP contribution in [0.25, 0.3) is 10.2 Å². The standard InChI is InChI=1S/C17H18N4O2S2/c22-25(23,14-4-2-1-3-5-14)20-13-6-9-21(10-7-13)17-16-15(8-11-24-16)18-12-19-17/h1-5,8,11-13,20H,6-7,9-10H2. The van der Waals surface area contributed by atoms with Crippen molar-refractivity contribution in [3.05, 3.63) is 48.1 Å². The summed E-state index contributed by atoms with van der Waals surface area (Å²) in [6.07, 6.45) is 3.10. The average Bonchev–Trinajstić information content (AvgIpc) is 3.12. The first-order chi connectivity index (χ1) is 12.1. The Bertz CT molecular complexity index is 964. The Labute approximate surface area is 150 Å². The average molecular weight is 374 g/mol. The summed E-state index contributed by atoms with van der Waals surface area (Å²) in [5.41, 5.74) is 0.960. The van der Waals surface area contributed by atoms with Crippen LogP contribution >= 0.6 is 11.3 Å². The second kappa shape index (κ2) is 6.70. The number of nitrogens with one attached hydrogen (secondary N) is 1. The third-order valence-electron chi connectivity index (χ3n) is 4.39. The fraction of sp³-hybridized carbons (Fsp3) is 0.294. The van der Waals surface area contributed by atoms with Crippen LogP contribution < -0.4 is 9.62 Å². The Morgan fingerprint density at radius 3 is 2.60 bits per heavy atom. The highest BCUT2D eigenvalue weighted by molar-refractivity contribution is 7.89. The van der Waals surface area contributed by atoms with Gasteiger partial charge in [-0.3, -0.25) is 0 Å². The molecular formula is C17H18N4O2S2. The molecule has 1 saturated heterocycles. The van der Waals surface area contributed by atoms with E-state index in [4.69, 9.17) is 0 Å². The van der Waals surface area contributed by atoms with E-state index in [1.807, 2.05) is 17.5 Å². The van der Waals surface area contributed by atoms with Gasteiger partial charge in [0.2, 0.25) is 10.0 Å². The molecule has 1 N–H and O–H groups in total. The second-order valence-electron chi connectivity index (χ2n) is 6.03. The lowest BCUT2D eigenvalue weighted by molar-refractivity contribution is 0.459. The molecule has 0 spiro atoms. The van der Waals surface area contributed by atoms with E-state index < -0.39 is 10.0 Å². The lowest BCUT2D eigenvalue weighted by Crippen LogP contribution is -2.44. The quantitative estimate of drug-likeness (QED) is 0.760. The SMILES string of the molecule is O=S(=O)(NC1CCN(c2ncnc3ccsc23)CC1)c1ccccc1. The van der Waals surface area contributed by atoms with Crippen molar-refractivity contribution >= 4 is 37.4 Å². The van der Waals surface area contributed by atoms with Crippen molar-refractivity contribution in [1.82, 2.24) is 14.7 Å². The van der Waals surface area contributed by atoms with Crippen LogP contribution in [0, 0.1) is 0 Å². The number of fused-ring (bicyclic) bond motifs is 1. The molecule has 6 nitrogen and oxygen atoms in total. The first-order valence-corrected chi connectivity index (χ1v) is 10.5. The minimum Gasteiger partial charge on any atom is -0.355 e. The molecule has 0 saturated carbocycles. The number of benzene rings is 1. The molecule has 0 amide bonds. The van der Waals surface area contributed by atoms with E-state index in [-0.39, 0.29) is 6.04 Å². The zero-order valence-corrected chi connectivity index (χ0v) is 15.1. The van der Waals surface area contributed by atoms with E-state index >= 15 is 0 Å². The number of sulfonamides is 1. The fourth-order valence-corrected chi connectivity index (χ4v) is 5.29. The summed E-state index contributed by atoms with van der Waals surface area (Å²) in [4.78, 5) is 11.2. The van der Waals surface area contributed by atoms with Crippen LogP contribution in [0.4, 0.5) is 5.82 Å².